The van der Waals surface area contributed by atoms with Crippen LogP contribution >= 0.6 is 11.3 Å². The molecule has 12 heteroatoms. The van der Waals surface area contributed by atoms with Crippen molar-refractivity contribution in [3.63, 3.8) is 0 Å². The maximum Gasteiger partial charge on any atom is 0.407 e. The van der Waals surface area contributed by atoms with E-state index in [-0.39, 0.29) is 12.1 Å². The first-order chi connectivity index (χ1) is 18.2. The van der Waals surface area contributed by atoms with Gasteiger partial charge >= 0.3 is 16.4 Å². The molecule has 4 rings (SSSR count). The molecule has 2 atom stereocenters. The maximum absolute atomic E-state index is 13.5. The molecule has 10 nitrogen and oxygen atoms in total. The zero-order chi connectivity index (χ0) is 27.1. The van der Waals surface area contributed by atoms with Crippen LogP contribution in [0.15, 0.2) is 78.9 Å². The summed E-state index contributed by atoms with van der Waals surface area (Å²) in [5, 5.41) is 6.32. The number of anilines is 1. The number of rotatable bonds is 10. The number of nitrogens with one attached hydrogen (secondary N) is 3. The van der Waals surface area contributed by atoms with E-state index in [0.29, 0.717) is 11.4 Å². The Balaban J connectivity index is 1.60. The van der Waals surface area contributed by atoms with Crippen molar-refractivity contribution in [2.24, 2.45) is 0 Å². The molecule has 3 aromatic carbocycles. The zero-order valence-corrected chi connectivity index (χ0v) is 22.0. The maximum atomic E-state index is 13.5. The average molecular weight is 555 g/mol. The van der Waals surface area contributed by atoms with Crippen molar-refractivity contribution in [3.8, 4) is 0 Å². The van der Waals surface area contributed by atoms with Gasteiger partial charge < -0.3 is 15.4 Å². The number of alkyl carbamates (subject to hydrolysis) is 1. The lowest BCUT2D eigenvalue weighted by atomic mass is 10.0. The molecular weight excluding hydrogens is 528 g/mol. The molecule has 0 saturated heterocycles. The first-order valence-corrected chi connectivity index (χ1v) is 13.8. The number of amides is 2. The molecule has 1 aromatic heterocycles. The number of nitrogens with zero attached hydrogens (tertiary/aromatic N) is 1. The van der Waals surface area contributed by atoms with Gasteiger partial charge in [-0.3, -0.25) is 14.1 Å². The molecule has 4 N–H and O–H groups in total. The highest BCUT2D eigenvalue weighted by atomic mass is 32.2. The SMILES string of the molecule is COC(=O)NC(Cc1ccccc1)C(=O)NC(Cc1ccc(NS(=O)(=O)O)cc1)c1nc2ccccc2s1. The zero-order valence-electron chi connectivity index (χ0n) is 20.3. The number of hydrogen-bond acceptors (Lipinski definition) is 7. The molecule has 4 aromatic rings. The van der Waals surface area contributed by atoms with Crippen LogP contribution in [0.25, 0.3) is 10.2 Å². The van der Waals surface area contributed by atoms with Crippen molar-refractivity contribution in [2.75, 3.05) is 11.8 Å². The number of carbonyl (C=O) groups excluding carboxylic acids is 2. The van der Waals surface area contributed by atoms with Crippen molar-refractivity contribution in [2.45, 2.75) is 24.9 Å². The highest BCUT2D eigenvalue weighted by Crippen LogP contribution is 2.29. The van der Waals surface area contributed by atoms with Gasteiger partial charge in [-0.2, -0.15) is 8.42 Å². The summed E-state index contributed by atoms with van der Waals surface area (Å²) in [6.45, 7) is 0. The fourth-order valence-corrected chi connectivity index (χ4v) is 5.32. The molecule has 38 heavy (non-hydrogen) atoms. The summed E-state index contributed by atoms with van der Waals surface area (Å²) in [4.78, 5) is 30.2. The summed E-state index contributed by atoms with van der Waals surface area (Å²) in [5.74, 6) is -0.409. The highest BCUT2D eigenvalue weighted by molar-refractivity contribution is 7.87. The lowest BCUT2D eigenvalue weighted by Gasteiger charge is -2.22. The van der Waals surface area contributed by atoms with E-state index < -0.39 is 34.4 Å². The molecule has 0 fully saturated rings. The van der Waals surface area contributed by atoms with Crippen molar-refractivity contribution in [3.05, 3.63) is 95.0 Å². The molecule has 1 heterocycles. The number of benzene rings is 3. The van der Waals surface area contributed by atoms with Crippen LogP contribution in [0.5, 0.6) is 0 Å². The normalized spacial score (nSPS) is 12.9. The Morgan fingerprint density at radius 2 is 1.58 bits per heavy atom. The Morgan fingerprint density at radius 1 is 0.921 bits per heavy atom. The van der Waals surface area contributed by atoms with Gasteiger partial charge in [-0.1, -0.05) is 54.6 Å². The van der Waals surface area contributed by atoms with E-state index >= 15 is 0 Å². The number of methoxy groups -OCH3 is 1. The van der Waals surface area contributed by atoms with E-state index in [1.54, 1.807) is 12.1 Å². The van der Waals surface area contributed by atoms with Crippen molar-refractivity contribution < 1.29 is 27.3 Å². The van der Waals surface area contributed by atoms with Crippen LogP contribution in [0, 0.1) is 0 Å². The van der Waals surface area contributed by atoms with Gasteiger partial charge in [0.25, 0.3) is 0 Å². The third-order valence-corrected chi connectivity index (χ3v) is 7.29. The average Bonchev–Trinajstić information content (AvgIpc) is 3.33. The first kappa shape index (κ1) is 27.0. The van der Waals surface area contributed by atoms with Crippen LogP contribution in [0.1, 0.15) is 22.2 Å². The van der Waals surface area contributed by atoms with E-state index in [0.717, 1.165) is 21.3 Å². The largest absolute Gasteiger partial charge is 0.453 e. The van der Waals surface area contributed by atoms with Crippen LogP contribution in [0.3, 0.4) is 0 Å². The fraction of sp³-hybridized carbons (Fsp3) is 0.192. The van der Waals surface area contributed by atoms with Crippen molar-refractivity contribution in [1.82, 2.24) is 15.6 Å². The molecule has 0 spiro atoms. The lowest BCUT2D eigenvalue weighted by Crippen LogP contribution is -2.49. The second-order valence-electron chi connectivity index (χ2n) is 8.44. The number of para-hydroxylation sites is 1. The van der Waals surface area contributed by atoms with Gasteiger partial charge in [-0.05, 0) is 41.8 Å². The van der Waals surface area contributed by atoms with Crippen LogP contribution in [-0.4, -0.2) is 43.1 Å². The molecule has 0 aliphatic rings. The van der Waals surface area contributed by atoms with Crippen LogP contribution in [0.4, 0.5) is 10.5 Å². The number of hydrogen-bond donors (Lipinski definition) is 4. The minimum Gasteiger partial charge on any atom is -0.453 e. The predicted octanol–water partition coefficient (Wildman–Crippen LogP) is 3.88. The van der Waals surface area contributed by atoms with Gasteiger partial charge in [-0.25, -0.2) is 9.78 Å². The van der Waals surface area contributed by atoms with Gasteiger partial charge in [0.2, 0.25) is 5.91 Å². The lowest BCUT2D eigenvalue weighted by molar-refractivity contribution is -0.123. The monoisotopic (exact) mass is 554 g/mol. The quantitative estimate of drug-likeness (QED) is 0.218. The van der Waals surface area contributed by atoms with Gasteiger partial charge in [0.15, 0.2) is 0 Å². The number of ether oxygens (including phenoxy) is 1. The van der Waals surface area contributed by atoms with Crippen LogP contribution < -0.4 is 15.4 Å². The third-order valence-electron chi connectivity index (χ3n) is 5.64. The van der Waals surface area contributed by atoms with E-state index in [1.165, 1.54) is 30.6 Å². The van der Waals surface area contributed by atoms with Gasteiger partial charge in [-0.15, -0.1) is 11.3 Å². The van der Waals surface area contributed by atoms with Gasteiger partial charge in [0.05, 0.1) is 29.1 Å². The van der Waals surface area contributed by atoms with Crippen molar-refractivity contribution in [1.29, 1.82) is 0 Å². The number of carbonyl (C=O) groups is 2. The standard InChI is InChI=1S/C26H26N4O6S2/c1-36-26(32)29-21(15-17-7-3-2-4-8-17)24(31)27-22(25-28-20-9-5-6-10-23(20)37-25)16-18-11-13-19(14-12-18)30-38(33,34)35/h2-14,21-22,30H,15-16H2,1H3,(H,27,31)(H,29,32)(H,33,34,35). The molecule has 0 bridgehead atoms. The van der Waals surface area contributed by atoms with Crippen LogP contribution in [0.2, 0.25) is 0 Å². The molecule has 2 unspecified atom stereocenters. The molecule has 0 aliphatic carbocycles. The minimum atomic E-state index is -4.39. The summed E-state index contributed by atoms with van der Waals surface area (Å²) in [7, 11) is -3.16. The van der Waals surface area contributed by atoms with E-state index in [2.05, 4.69) is 10.6 Å². The fourth-order valence-electron chi connectivity index (χ4n) is 3.87. The predicted molar refractivity (Wildman–Crippen MR) is 145 cm³/mol. The van der Waals surface area contributed by atoms with Crippen molar-refractivity contribution >= 4 is 49.5 Å². The Bertz CT molecular complexity index is 1470. The molecule has 198 valence electrons. The number of aromatic nitrogens is 1. The van der Waals surface area contributed by atoms with E-state index in [4.69, 9.17) is 14.3 Å². The number of thiazole rings is 1. The molecule has 0 aliphatic heterocycles. The van der Waals surface area contributed by atoms with E-state index in [1.807, 2.05) is 59.3 Å². The van der Waals surface area contributed by atoms with Gasteiger partial charge in [0, 0.05) is 6.42 Å². The Morgan fingerprint density at radius 3 is 2.24 bits per heavy atom. The first-order valence-electron chi connectivity index (χ1n) is 11.6. The second-order valence-corrected chi connectivity index (χ2v) is 10.7. The van der Waals surface area contributed by atoms with Crippen LogP contribution in [-0.2, 0) is 32.7 Å². The third kappa shape index (κ3) is 7.51. The van der Waals surface area contributed by atoms with E-state index in [9.17, 15) is 18.0 Å². The highest BCUT2D eigenvalue weighted by Gasteiger charge is 2.26. The second kappa shape index (κ2) is 12.0. The Hall–Kier alpha value is -4.00. The molecule has 2 amide bonds. The summed E-state index contributed by atoms with van der Waals surface area (Å²) in [5.41, 5.74) is 2.65. The summed E-state index contributed by atoms with van der Waals surface area (Å²) >= 11 is 1.45. The summed E-state index contributed by atoms with van der Waals surface area (Å²) in [6.07, 6.45) is -0.127. The molecule has 0 radical (unpaired) electrons. The van der Waals surface area contributed by atoms with Gasteiger partial charge in [0.1, 0.15) is 11.0 Å². The molecular formula is C26H26N4O6S2. The Labute approximate surface area is 223 Å². The number of fused-ring (bicyclic) bond motifs is 1. The Kier molecular flexibility index (Phi) is 8.56. The summed E-state index contributed by atoms with van der Waals surface area (Å²) < 4.78 is 38.9. The topological polar surface area (TPSA) is 147 Å². The molecule has 0 saturated carbocycles. The summed E-state index contributed by atoms with van der Waals surface area (Å²) in [6, 6.07) is 21.9. The smallest absolute Gasteiger partial charge is 0.407 e. The minimum absolute atomic E-state index is 0.196.